The minimum absolute atomic E-state index is 0.0751. The van der Waals surface area contributed by atoms with Crippen molar-refractivity contribution in [2.24, 2.45) is 0 Å². The van der Waals surface area contributed by atoms with Gasteiger partial charge in [0.15, 0.2) is 5.82 Å². The van der Waals surface area contributed by atoms with Crippen molar-refractivity contribution in [3.63, 3.8) is 0 Å². The van der Waals surface area contributed by atoms with Crippen molar-refractivity contribution >= 4 is 28.7 Å². The van der Waals surface area contributed by atoms with E-state index in [2.05, 4.69) is 20.7 Å². The summed E-state index contributed by atoms with van der Waals surface area (Å²) < 4.78 is 38.7. The molecule has 0 aliphatic carbocycles. The number of alkyl halides is 3. The zero-order chi connectivity index (χ0) is 22.6. The van der Waals surface area contributed by atoms with Crippen LogP contribution in [-0.4, -0.2) is 32.8 Å². The molecule has 31 heavy (non-hydrogen) atoms. The molecule has 0 unspecified atom stereocenters. The first-order chi connectivity index (χ1) is 14.7. The maximum Gasteiger partial charge on any atom is 0.417 e. The van der Waals surface area contributed by atoms with E-state index in [1.807, 2.05) is 0 Å². The second-order valence-electron chi connectivity index (χ2n) is 6.12. The number of nitrogens with one attached hydrogen (secondary N) is 2. The Bertz CT molecular complexity index is 1150. The summed E-state index contributed by atoms with van der Waals surface area (Å²) in [4.78, 5) is 26.5. The molecular formula is C18H14ClF3N6O3. The number of rotatable bonds is 7. The maximum atomic E-state index is 12.6. The predicted octanol–water partition coefficient (Wildman–Crippen LogP) is 3.73. The molecule has 2 heterocycles. The summed E-state index contributed by atoms with van der Waals surface area (Å²) in [6.07, 6.45) is -2.73. The molecule has 0 aliphatic heterocycles. The highest BCUT2D eigenvalue weighted by Gasteiger charge is 2.30. The summed E-state index contributed by atoms with van der Waals surface area (Å²) in [6.45, 7) is 0.514. The number of aromatic nitrogens is 3. The Balaban J connectivity index is 1.67. The van der Waals surface area contributed by atoms with E-state index in [0.717, 1.165) is 16.8 Å². The van der Waals surface area contributed by atoms with E-state index in [4.69, 9.17) is 11.6 Å². The number of nitro benzene ring substituents is 1. The first-order valence-corrected chi connectivity index (χ1v) is 9.09. The molecule has 0 amide bonds. The number of anilines is 2. The lowest BCUT2D eigenvalue weighted by Crippen LogP contribution is -2.24. The first kappa shape index (κ1) is 22.0. The van der Waals surface area contributed by atoms with E-state index in [1.54, 1.807) is 18.2 Å². The summed E-state index contributed by atoms with van der Waals surface area (Å²) in [6, 6.07) is 7.92. The fourth-order valence-corrected chi connectivity index (χ4v) is 2.77. The smallest absolute Gasteiger partial charge is 0.381 e. The number of pyridine rings is 1. The van der Waals surface area contributed by atoms with E-state index >= 15 is 0 Å². The lowest BCUT2D eigenvalue weighted by atomic mass is 10.2. The minimum Gasteiger partial charge on any atom is -0.381 e. The van der Waals surface area contributed by atoms with E-state index in [9.17, 15) is 28.1 Å². The van der Waals surface area contributed by atoms with E-state index in [0.29, 0.717) is 11.9 Å². The maximum absolute atomic E-state index is 12.6. The molecule has 0 atom stereocenters. The van der Waals surface area contributed by atoms with Crippen LogP contribution < -0.4 is 16.2 Å². The molecule has 0 radical (unpaired) electrons. The molecule has 0 fully saturated rings. The number of nitro groups is 1. The number of benzene rings is 1. The molecule has 3 rings (SSSR count). The van der Waals surface area contributed by atoms with Gasteiger partial charge in [0.05, 0.1) is 22.4 Å². The van der Waals surface area contributed by atoms with Crippen LogP contribution in [0, 0.1) is 10.1 Å². The van der Waals surface area contributed by atoms with Crippen LogP contribution in [0.25, 0.3) is 5.82 Å². The molecule has 1 aromatic carbocycles. The Morgan fingerprint density at radius 1 is 1.06 bits per heavy atom. The van der Waals surface area contributed by atoms with Crippen LogP contribution in [0.15, 0.2) is 53.6 Å². The molecule has 3 aromatic rings. The Hall–Kier alpha value is -3.67. The van der Waals surface area contributed by atoms with Gasteiger partial charge in [0.1, 0.15) is 10.7 Å². The highest BCUT2D eigenvalue weighted by atomic mass is 35.5. The average Bonchev–Trinajstić information content (AvgIpc) is 2.74. The molecule has 0 bridgehead atoms. The van der Waals surface area contributed by atoms with Crippen molar-refractivity contribution in [2.75, 3.05) is 23.7 Å². The number of halogens is 4. The zero-order valence-corrected chi connectivity index (χ0v) is 16.3. The third-order valence-corrected chi connectivity index (χ3v) is 4.43. The third kappa shape index (κ3) is 5.09. The van der Waals surface area contributed by atoms with E-state index < -0.39 is 22.2 Å². The van der Waals surface area contributed by atoms with Gasteiger partial charge in [-0.25, -0.2) is 4.98 Å². The Kier molecular flexibility index (Phi) is 6.39. The lowest BCUT2D eigenvalue weighted by molar-refractivity contribution is -0.384. The largest absolute Gasteiger partial charge is 0.417 e. The highest BCUT2D eigenvalue weighted by Crippen LogP contribution is 2.28. The average molecular weight is 455 g/mol. The summed E-state index contributed by atoms with van der Waals surface area (Å²) in [5.41, 5.74) is -1.28. The summed E-state index contributed by atoms with van der Waals surface area (Å²) in [5.74, 6) is -0.121. The number of hydrogen-bond acceptors (Lipinski definition) is 7. The van der Waals surface area contributed by atoms with Gasteiger partial charge in [-0.2, -0.15) is 23.0 Å². The van der Waals surface area contributed by atoms with Gasteiger partial charge in [-0.1, -0.05) is 23.7 Å². The molecular weight excluding hydrogens is 441 g/mol. The summed E-state index contributed by atoms with van der Waals surface area (Å²) in [7, 11) is 0. The van der Waals surface area contributed by atoms with E-state index in [1.165, 1.54) is 12.3 Å². The van der Waals surface area contributed by atoms with Crippen molar-refractivity contribution in [3.05, 3.63) is 79.8 Å². The Labute approximate surface area is 177 Å². The molecule has 2 aromatic heterocycles. The van der Waals surface area contributed by atoms with Gasteiger partial charge in [-0.15, -0.1) is 0 Å². The normalized spacial score (nSPS) is 11.2. The third-order valence-electron chi connectivity index (χ3n) is 4.07. The summed E-state index contributed by atoms with van der Waals surface area (Å²) >= 11 is 6.06. The number of para-hydroxylation sites is 2. The lowest BCUT2D eigenvalue weighted by Gasteiger charge is -2.12. The minimum atomic E-state index is -4.55. The van der Waals surface area contributed by atoms with Crippen molar-refractivity contribution in [2.45, 2.75) is 6.18 Å². The first-order valence-electron chi connectivity index (χ1n) is 8.71. The zero-order valence-electron chi connectivity index (χ0n) is 15.6. The van der Waals surface area contributed by atoms with E-state index in [-0.39, 0.29) is 35.3 Å². The van der Waals surface area contributed by atoms with Crippen LogP contribution in [0.5, 0.6) is 0 Å². The topological polar surface area (TPSA) is 115 Å². The SMILES string of the molecule is O=c1c(Cl)c(NCCNc2ccccc2[N+](=O)[O-])cnn1-c1ccc(C(F)(F)F)cn1. The molecule has 9 nitrogen and oxygen atoms in total. The monoisotopic (exact) mass is 454 g/mol. The van der Waals surface area contributed by atoms with Gasteiger partial charge in [-0.05, 0) is 18.2 Å². The van der Waals surface area contributed by atoms with Gasteiger partial charge in [0, 0.05) is 25.4 Å². The van der Waals surface area contributed by atoms with Crippen LogP contribution >= 0.6 is 11.6 Å². The van der Waals surface area contributed by atoms with Crippen LogP contribution in [0.1, 0.15) is 5.56 Å². The molecule has 162 valence electrons. The molecule has 0 aliphatic rings. The molecule has 13 heteroatoms. The van der Waals surface area contributed by atoms with Crippen LogP contribution in [0.2, 0.25) is 5.02 Å². The standard InChI is InChI=1S/C18H14ClF3N6O3/c19-16-13(24-8-7-23-12-3-1-2-4-14(12)28(30)31)10-26-27(17(16)29)15-6-5-11(9-25-15)18(20,21)22/h1-6,9-10,23-24H,7-8H2. The number of nitrogens with zero attached hydrogens (tertiary/aromatic N) is 4. The van der Waals surface area contributed by atoms with Crippen LogP contribution in [0.4, 0.5) is 30.2 Å². The molecule has 2 N–H and O–H groups in total. The second-order valence-corrected chi connectivity index (χ2v) is 6.50. The van der Waals surface area contributed by atoms with Gasteiger partial charge in [0.2, 0.25) is 0 Å². The van der Waals surface area contributed by atoms with Gasteiger partial charge >= 0.3 is 6.18 Å². The molecule has 0 spiro atoms. The summed E-state index contributed by atoms with van der Waals surface area (Å²) in [5, 5.41) is 20.4. The van der Waals surface area contributed by atoms with Gasteiger partial charge in [0.25, 0.3) is 11.2 Å². The fourth-order valence-electron chi connectivity index (χ4n) is 2.57. The van der Waals surface area contributed by atoms with Crippen molar-refractivity contribution in [1.29, 1.82) is 0 Å². The quantitative estimate of drug-likeness (QED) is 0.317. The number of hydrogen-bond donors (Lipinski definition) is 2. The van der Waals surface area contributed by atoms with Crippen molar-refractivity contribution < 1.29 is 18.1 Å². The van der Waals surface area contributed by atoms with Crippen LogP contribution in [-0.2, 0) is 6.18 Å². The second kappa shape index (κ2) is 9.00. The Morgan fingerprint density at radius 3 is 2.35 bits per heavy atom. The molecule has 0 saturated heterocycles. The van der Waals surface area contributed by atoms with Crippen molar-refractivity contribution in [1.82, 2.24) is 14.8 Å². The predicted molar refractivity (Wildman–Crippen MR) is 108 cm³/mol. The van der Waals surface area contributed by atoms with Gasteiger partial charge < -0.3 is 10.6 Å². The van der Waals surface area contributed by atoms with Gasteiger partial charge in [-0.3, -0.25) is 14.9 Å². The highest BCUT2D eigenvalue weighted by molar-refractivity contribution is 6.32. The fraction of sp³-hybridized carbons (Fsp3) is 0.167. The molecule has 0 saturated carbocycles. The Morgan fingerprint density at radius 2 is 1.74 bits per heavy atom. The van der Waals surface area contributed by atoms with Crippen LogP contribution in [0.3, 0.4) is 0 Å². The van der Waals surface area contributed by atoms with Crippen molar-refractivity contribution in [3.8, 4) is 5.82 Å².